The highest BCUT2D eigenvalue weighted by Crippen LogP contribution is 2.35. The van der Waals surface area contributed by atoms with E-state index >= 15 is 0 Å². The van der Waals surface area contributed by atoms with Crippen molar-refractivity contribution >= 4 is 23.2 Å². The fourth-order valence-electron chi connectivity index (χ4n) is 3.90. The maximum absolute atomic E-state index is 14.4. The molecule has 2 aromatic carbocycles. The van der Waals surface area contributed by atoms with Crippen molar-refractivity contribution in [2.24, 2.45) is 0 Å². The summed E-state index contributed by atoms with van der Waals surface area (Å²) in [7, 11) is 0. The van der Waals surface area contributed by atoms with Crippen molar-refractivity contribution in [3.63, 3.8) is 0 Å². The molecule has 0 aliphatic carbocycles. The minimum Gasteiger partial charge on any atom is -0.382 e. The van der Waals surface area contributed by atoms with Crippen molar-refractivity contribution in [1.82, 2.24) is 14.7 Å². The molecule has 2 heterocycles. The number of anilines is 3. The van der Waals surface area contributed by atoms with Crippen LogP contribution in [0.25, 0.3) is 5.69 Å². The summed E-state index contributed by atoms with van der Waals surface area (Å²) in [6.45, 7) is 8.22. The first-order chi connectivity index (χ1) is 15.6. The van der Waals surface area contributed by atoms with E-state index < -0.39 is 17.0 Å². The van der Waals surface area contributed by atoms with Crippen LogP contribution in [0, 0.1) is 11.6 Å². The van der Waals surface area contributed by atoms with Gasteiger partial charge in [-0.25, -0.2) is 18.3 Å². The van der Waals surface area contributed by atoms with Crippen LogP contribution < -0.4 is 16.0 Å². The number of nitrogen functional groups attached to an aromatic ring is 1. The van der Waals surface area contributed by atoms with Gasteiger partial charge in [-0.2, -0.15) is 5.10 Å². The predicted molar refractivity (Wildman–Crippen MR) is 126 cm³/mol. The van der Waals surface area contributed by atoms with Gasteiger partial charge in [0.2, 0.25) is 0 Å². The van der Waals surface area contributed by atoms with Gasteiger partial charge in [0.05, 0.1) is 5.69 Å². The second-order valence-corrected chi connectivity index (χ2v) is 9.11. The smallest absolute Gasteiger partial charge is 0.322 e. The molecule has 1 aliphatic heterocycles. The summed E-state index contributed by atoms with van der Waals surface area (Å²) in [5.41, 5.74) is 7.59. The number of rotatable bonds is 3. The van der Waals surface area contributed by atoms with E-state index in [1.807, 2.05) is 51.1 Å². The Hall–Kier alpha value is -3.62. The summed E-state index contributed by atoms with van der Waals surface area (Å²) in [6.07, 6.45) is 0. The molecule has 0 saturated carbocycles. The summed E-state index contributed by atoms with van der Waals surface area (Å²) < 4.78 is 29.3. The minimum absolute atomic E-state index is 0.0423. The highest BCUT2D eigenvalue weighted by Gasteiger charge is 2.30. The zero-order chi connectivity index (χ0) is 23.8. The molecule has 2 amide bonds. The number of nitrogens with one attached hydrogen (secondary N) is 1. The lowest BCUT2D eigenvalue weighted by Crippen LogP contribution is -2.50. The molecular formula is C24H28F2N6O. The molecule has 7 nitrogen and oxygen atoms in total. The third-order valence-corrected chi connectivity index (χ3v) is 5.69. The van der Waals surface area contributed by atoms with Gasteiger partial charge >= 0.3 is 6.03 Å². The van der Waals surface area contributed by atoms with Crippen LogP contribution in [0.4, 0.5) is 30.8 Å². The number of halogens is 2. The van der Waals surface area contributed by atoms with Gasteiger partial charge in [-0.3, -0.25) is 0 Å². The fourth-order valence-corrected chi connectivity index (χ4v) is 3.90. The van der Waals surface area contributed by atoms with Crippen LogP contribution in [0.2, 0.25) is 0 Å². The molecule has 1 aromatic heterocycles. The van der Waals surface area contributed by atoms with Gasteiger partial charge in [-0.15, -0.1) is 0 Å². The maximum Gasteiger partial charge on any atom is 0.322 e. The lowest BCUT2D eigenvalue weighted by Gasteiger charge is -2.36. The van der Waals surface area contributed by atoms with E-state index in [0.717, 1.165) is 28.6 Å². The van der Waals surface area contributed by atoms with Crippen molar-refractivity contribution in [3.05, 3.63) is 65.9 Å². The number of piperazine rings is 1. The Morgan fingerprint density at radius 2 is 1.70 bits per heavy atom. The van der Waals surface area contributed by atoms with Crippen molar-refractivity contribution < 1.29 is 13.6 Å². The summed E-state index contributed by atoms with van der Waals surface area (Å²) in [5.74, 6) is -1.23. The van der Waals surface area contributed by atoms with Gasteiger partial charge in [0.1, 0.15) is 23.0 Å². The molecule has 0 radical (unpaired) electrons. The van der Waals surface area contributed by atoms with Crippen LogP contribution in [0.1, 0.15) is 26.5 Å². The van der Waals surface area contributed by atoms with E-state index in [1.54, 1.807) is 4.90 Å². The molecule has 174 valence electrons. The minimum atomic E-state index is -0.666. The fraction of sp³-hybridized carbons (Fsp3) is 0.333. The lowest BCUT2D eigenvalue weighted by atomic mass is 9.91. The average Bonchev–Trinajstić information content (AvgIpc) is 3.12. The first-order valence-electron chi connectivity index (χ1n) is 10.9. The van der Waals surface area contributed by atoms with Crippen molar-refractivity contribution in [2.45, 2.75) is 26.2 Å². The number of nitrogens with zero attached hydrogens (tertiary/aromatic N) is 4. The third-order valence-electron chi connectivity index (χ3n) is 5.69. The van der Waals surface area contributed by atoms with Crippen LogP contribution in [0.3, 0.4) is 0 Å². The number of hydrogen-bond donors (Lipinski definition) is 2. The molecule has 1 aliphatic rings. The first kappa shape index (κ1) is 22.6. The van der Waals surface area contributed by atoms with Crippen molar-refractivity contribution in [3.8, 4) is 5.69 Å². The molecule has 9 heteroatoms. The Morgan fingerprint density at radius 3 is 2.33 bits per heavy atom. The molecule has 3 aromatic rings. The predicted octanol–water partition coefficient (Wildman–Crippen LogP) is 4.38. The van der Waals surface area contributed by atoms with Crippen LogP contribution in [0.5, 0.6) is 0 Å². The van der Waals surface area contributed by atoms with E-state index in [4.69, 9.17) is 5.73 Å². The molecule has 1 fully saturated rings. The Labute approximate surface area is 191 Å². The second-order valence-electron chi connectivity index (χ2n) is 9.11. The number of carbonyl (C=O) groups excluding carboxylic acids is 1. The number of carbonyl (C=O) groups is 1. The average molecular weight is 455 g/mol. The second kappa shape index (κ2) is 8.73. The van der Waals surface area contributed by atoms with Crippen molar-refractivity contribution in [1.29, 1.82) is 0 Å². The monoisotopic (exact) mass is 454 g/mol. The van der Waals surface area contributed by atoms with Gasteiger partial charge in [0, 0.05) is 43.3 Å². The van der Waals surface area contributed by atoms with Gasteiger partial charge < -0.3 is 20.9 Å². The zero-order valence-corrected chi connectivity index (χ0v) is 19.0. The number of nitrogens with two attached hydrogens (primary N) is 1. The largest absolute Gasteiger partial charge is 0.382 e. The molecule has 0 atom stereocenters. The Balaban J connectivity index is 1.57. The molecule has 1 saturated heterocycles. The standard InChI is InChI=1S/C24H28F2N6O/c1-24(2,3)21-20(22(27)32(29-21)19-15-16(25)9-10-18(19)26)28-23(33)31-13-11-30(12-14-31)17-7-5-4-6-8-17/h4-10,15H,11-14,27H2,1-3H3,(H,28,33). The van der Waals surface area contributed by atoms with Crippen LogP contribution in [-0.2, 0) is 5.41 Å². The van der Waals surface area contributed by atoms with Crippen LogP contribution >= 0.6 is 0 Å². The topological polar surface area (TPSA) is 79.4 Å². The Morgan fingerprint density at radius 1 is 1.03 bits per heavy atom. The number of aromatic nitrogens is 2. The van der Waals surface area contributed by atoms with E-state index in [2.05, 4.69) is 15.3 Å². The number of amides is 2. The highest BCUT2D eigenvalue weighted by molar-refractivity contribution is 5.93. The number of para-hydroxylation sites is 1. The van der Waals surface area contributed by atoms with E-state index in [9.17, 15) is 13.6 Å². The first-order valence-corrected chi connectivity index (χ1v) is 10.9. The number of urea groups is 1. The molecule has 3 N–H and O–H groups in total. The van der Waals surface area contributed by atoms with Gasteiger partial charge in [-0.05, 0) is 24.3 Å². The zero-order valence-electron chi connectivity index (χ0n) is 19.0. The molecule has 33 heavy (non-hydrogen) atoms. The third kappa shape index (κ3) is 4.62. The summed E-state index contributed by atoms with van der Waals surface area (Å²) >= 11 is 0. The molecular weight excluding hydrogens is 426 g/mol. The SMILES string of the molecule is CC(C)(C)c1nn(-c2cc(F)ccc2F)c(N)c1NC(=O)N1CCN(c2ccccc2)CC1. The molecule has 0 spiro atoms. The van der Waals surface area contributed by atoms with Gasteiger partial charge in [-0.1, -0.05) is 39.0 Å². The quantitative estimate of drug-likeness (QED) is 0.616. The number of benzene rings is 2. The van der Waals surface area contributed by atoms with E-state index in [0.29, 0.717) is 37.6 Å². The van der Waals surface area contributed by atoms with Gasteiger partial charge in [0.25, 0.3) is 0 Å². The lowest BCUT2D eigenvalue weighted by molar-refractivity contribution is 0.208. The summed E-state index contributed by atoms with van der Waals surface area (Å²) in [5, 5.41) is 7.32. The van der Waals surface area contributed by atoms with Crippen LogP contribution in [0.15, 0.2) is 48.5 Å². The summed E-state index contributed by atoms with van der Waals surface area (Å²) in [6, 6.07) is 12.8. The van der Waals surface area contributed by atoms with Crippen LogP contribution in [-0.4, -0.2) is 46.9 Å². The van der Waals surface area contributed by atoms with Gasteiger partial charge in [0.15, 0.2) is 5.82 Å². The molecule has 0 unspecified atom stereocenters. The van der Waals surface area contributed by atoms with Crippen molar-refractivity contribution in [2.75, 3.05) is 42.1 Å². The maximum atomic E-state index is 14.4. The molecule has 4 rings (SSSR count). The summed E-state index contributed by atoms with van der Waals surface area (Å²) in [4.78, 5) is 17.0. The Kier molecular flexibility index (Phi) is 5.97. The molecule has 0 bridgehead atoms. The van der Waals surface area contributed by atoms with E-state index in [1.165, 1.54) is 0 Å². The Bertz CT molecular complexity index is 1150. The number of hydrogen-bond acceptors (Lipinski definition) is 4. The van der Waals surface area contributed by atoms with E-state index in [-0.39, 0.29) is 17.5 Å². The highest BCUT2D eigenvalue weighted by atomic mass is 19.1. The normalized spacial score (nSPS) is 14.5.